The van der Waals surface area contributed by atoms with Crippen molar-refractivity contribution in [2.75, 3.05) is 11.1 Å². The largest absolute Gasteiger partial charge is 0.350 e. The molecule has 0 radical (unpaired) electrons. The van der Waals surface area contributed by atoms with Crippen LogP contribution in [0.1, 0.15) is 46.5 Å². The molecule has 4 heteroatoms. The van der Waals surface area contributed by atoms with Crippen LogP contribution in [-0.4, -0.2) is 15.8 Å². The highest BCUT2D eigenvalue weighted by atomic mass is 32.2. The monoisotopic (exact) mass is 386 g/mol. The lowest BCUT2D eigenvalue weighted by atomic mass is 10.3. The van der Waals surface area contributed by atoms with Gasteiger partial charge in [-0.2, -0.15) is 0 Å². The maximum absolute atomic E-state index is 5.12. The Hall–Kier alpha value is -1.65. The van der Waals surface area contributed by atoms with E-state index in [-0.39, 0.29) is 0 Å². The molecule has 0 heterocycles. The lowest BCUT2D eigenvalue weighted by Crippen LogP contribution is -2.07. The molecular formula is C22H30N2S2. The van der Waals surface area contributed by atoms with Gasteiger partial charge in [0, 0.05) is 5.69 Å². The Morgan fingerprint density at radius 3 is 2.00 bits per heavy atom. The molecule has 0 aliphatic carbocycles. The molecule has 2 nitrogen and oxygen atoms in total. The van der Waals surface area contributed by atoms with Gasteiger partial charge in [0.1, 0.15) is 0 Å². The summed E-state index contributed by atoms with van der Waals surface area (Å²) in [6.07, 6.45) is 4.31. The van der Waals surface area contributed by atoms with Crippen molar-refractivity contribution in [1.29, 1.82) is 0 Å². The smallest absolute Gasteiger partial charge is 0.0797 e. The summed E-state index contributed by atoms with van der Waals surface area (Å²) in [6, 6.07) is 20.2. The van der Waals surface area contributed by atoms with Crippen molar-refractivity contribution >= 4 is 45.4 Å². The summed E-state index contributed by atoms with van der Waals surface area (Å²) in [5, 5.41) is 4.43. The van der Waals surface area contributed by atoms with Gasteiger partial charge in [-0.25, -0.2) is 4.99 Å². The van der Waals surface area contributed by atoms with Gasteiger partial charge in [0.05, 0.1) is 15.7 Å². The first-order valence-electron chi connectivity index (χ1n) is 9.29. The maximum Gasteiger partial charge on any atom is 0.0797 e. The van der Waals surface area contributed by atoms with Crippen LogP contribution in [0.3, 0.4) is 0 Å². The quantitative estimate of drug-likeness (QED) is 0.303. The van der Waals surface area contributed by atoms with Gasteiger partial charge < -0.3 is 5.32 Å². The van der Waals surface area contributed by atoms with Gasteiger partial charge in [0.2, 0.25) is 0 Å². The van der Waals surface area contributed by atoms with Crippen molar-refractivity contribution in [3.8, 4) is 0 Å². The molecule has 0 atom stereocenters. The Labute approximate surface area is 168 Å². The number of thiocarbonyl (C=S) groups is 1. The Bertz CT molecular complexity index is 632. The number of hydrogen-bond donors (Lipinski definition) is 1. The van der Waals surface area contributed by atoms with Gasteiger partial charge in [-0.3, -0.25) is 0 Å². The number of benzene rings is 2. The summed E-state index contributed by atoms with van der Waals surface area (Å²) in [7, 11) is 0. The molecule has 140 valence electrons. The maximum atomic E-state index is 5.12. The molecule has 26 heavy (non-hydrogen) atoms. The fraction of sp³-hybridized carbons (Fsp3) is 0.364. The Morgan fingerprint density at radius 1 is 0.885 bits per heavy atom. The molecule has 2 aromatic carbocycles. The van der Waals surface area contributed by atoms with Gasteiger partial charge in [-0.1, -0.05) is 75.8 Å². The summed E-state index contributed by atoms with van der Waals surface area (Å²) in [5.41, 5.74) is 2.15. The van der Waals surface area contributed by atoms with Gasteiger partial charge in [-0.15, -0.1) is 11.8 Å². The first kappa shape index (κ1) is 22.4. The summed E-state index contributed by atoms with van der Waals surface area (Å²) in [5.74, 6) is 1.10. The van der Waals surface area contributed by atoms with E-state index in [1.165, 1.54) is 11.5 Å². The van der Waals surface area contributed by atoms with Crippen LogP contribution >= 0.6 is 24.0 Å². The number of nitrogens with zero attached hydrogens (tertiary/aromatic N) is 1. The molecule has 0 fully saturated rings. The number of thioether (sulfide) groups is 1. The summed E-state index contributed by atoms with van der Waals surface area (Å²) >= 11 is 6.97. The van der Waals surface area contributed by atoms with E-state index in [1.807, 2.05) is 72.4 Å². The highest BCUT2D eigenvalue weighted by Gasteiger charge is 1.97. The van der Waals surface area contributed by atoms with Crippen LogP contribution in [0.4, 0.5) is 11.4 Å². The zero-order valence-electron chi connectivity index (χ0n) is 16.1. The first-order chi connectivity index (χ1) is 12.7. The second-order valence-corrected chi connectivity index (χ2v) is 7.52. The van der Waals surface area contributed by atoms with E-state index in [9.17, 15) is 0 Å². The Morgan fingerprint density at radius 2 is 1.46 bits per heavy atom. The molecule has 0 saturated carbocycles. The van der Waals surface area contributed by atoms with Crippen molar-refractivity contribution in [1.82, 2.24) is 0 Å². The molecule has 1 N–H and O–H groups in total. The van der Waals surface area contributed by atoms with Crippen molar-refractivity contribution in [2.45, 2.75) is 46.5 Å². The molecule has 0 aromatic heterocycles. The highest BCUT2D eigenvalue weighted by molar-refractivity contribution is 8.13. The topological polar surface area (TPSA) is 24.4 Å². The van der Waals surface area contributed by atoms with Crippen molar-refractivity contribution in [3.05, 3.63) is 60.7 Å². The molecule has 0 amide bonds. The minimum Gasteiger partial charge on any atom is -0.350 e. The standard InChI is InChI=1S/C12H17NS.C10H13NS/c1-3-8-12(14-4-2)13-11-9-6-5-7-10-11;1-2-6-10(12)11-9-7-4-3-5-8-9/h5-7,9-10H,3-4,8H2,1-2H3;3-5,7-8H,2,6H2,1H3,(H,11,12). The summed E-state index contributed by atoms with van der Waals surface area (Å²) in [6.45, 7) is 6.48. The van der Waals surface area contributed by atoms with Gasteiger partial charge in [-0.05, 0) is 49.3 Å². The summed E-state index contributed by atoms with van der Waals surface area (Å²) < 4.78 is 0. The van der Waals surface area contributed by atoms with E-state index in [2.05, 4.69) is 31.1 Å². The van der Waals surface area contributed by atoms with Gasteiger partial charge >= 0.3 is 0 Å². The number of para-hydroxylation sites is 2. The zero-order chi connectivity index (χ0) is 19.0. The van der Waals surface area contributed by atoms with Crippen LogP contribution < -0.4 is 5.32 Å². The van der Waals surface area contributed by atoms with E-state index in [0.29, 0.717) is 0 Å². The van der Waals surface area contributed by atoms with E-state index < -0.39 is 0 Å². The van der Waals surface area contributed by atoms with E-state index in [4.69, 9.17) is 12.2 Å². The molecule has 0 aliphatic heterocycles. The minimum atomic E-state index is 0.920. The second-order valence-electron chi connectivity index (χ2n) is 5.69. The molecule has 0 saturated heterocycles. The van der Waals surface area contributed by atoms with Crippen LogP contribution in [0.25, 0.3) is 0 Å². The van der Waals surface area contributed by atoms with Gasteiger partial charge in [0.25, 0.3) is 0 Å². The van der Waals surface area contributed by atoms with Crippen LogP contribution in [-0.2, 0) is 0 Å². The fourth-order valence-corrected chi connectivity index (χ4v) is 3.33. The van der Waals surface area contributed by atoms with Crippen molar-refractivity contribution in [2.24, 2.45) is 4.99 Å². The second kappa shape index (κ2) is 14.5. The number of hydrogen-bond acceptors (Lipinski definition) is 3. The number of aliphatic imine (C=N–C) groups is 1. The molecule has 0 bridgehead atoms. The molecule has 2 aromatic rings. The van der Waals surface area contributed by atoms with Crippen LogP contribution in [0, 0.1) is 0 Å². The van der Waals surface area contributed by atoms with Gasteiger partial charge in [0.15, 0.2) is 0 Å². The first-order valence-corrected chi connectivity index (χ1v) is 10.7. The lowest BCUT2D eigenvalue weighted by molar-refractivity contribution is 1.00. The molecule has 2 rings (SSSR count). The van der Waals surface area contributed by atoms with Crippen LogP contribution in [0.5, 0.6) is 0 Å². The Balaban J connectivity index is 0.000000263. The van der Waals surface area contributed by atoms with E-state index in [1.54, 1.807) is 0 Å². The Kier molecular flexibility index (Phi) is 12.5. The molecule has 0 unspecified atom stereocenters. The fourth-order valence-electron chi connectivity index (χ4n) is 2.16. The van der Waals surface area contributed by atoms with E-state index in [0.717, 1.165) is 41.4 Å². The lowest BCUT2D eigenvalue weighted by Gasteiger charge is -2.05. The average molecular weight is 387 g/mol. The third-order valence-corrected chi connectivity index (χ3v) is 4.54. The third kappa shape index (κ3) is 10.4. The zero-order valence-corrected chi connectivity index (χ0v) is 17.7. The average Bonchev–Trinajstić information content (AvgIpc) is 2.65. The number of rotatable bonds is 7. The normalized spacial score (nSPS) is 10.7. The van der Waals surface area contributed by atoms with Crippen LogP contribution in [0.15, 0.2) is 65.7 Å². The third-order valence-electron chi connectivity index (χ3n) is 3.32. The summed E-state index contributed by atoms with van der Waals surface area (Å²) in [4.78, 5) is 5.54. The van der Waals surface area contributed by atoms with Crippen molar-refractivity contribution < 1.29 is 0 Å². The highest BCUT2D eigenvalue weighted by Crippen LogP contribution is 2.17. The molecule has 0 aliphatic rings. The number of nitrogens with one attached hydrogen (secondary N) is 1. The SMILES string of the molecule is CCCC(=Nc1ccccc1)SCC.CCCC(=S)Nc1ccccc1. The van der Waals surface area contributed by atoms with E-state index >= 15 is 0 Å². The minimum absolute atomic E-state index is 0.920. The van der Waals surface area contributed by atoms with Crippen LogP contribution in [0.2, 0.25) is 0 Å². The predicted octanol–water partition coefficient (Wildman–Crippen LogP) is 7.50. The molecular weight excluding hydrogens is 356 g/mol. The molecule has 0 spiro atoms. The number of anilines is 1. The van der Waals surface area contributed by atoms with Crippen molar-refractivity contribution in [3.63, 3.8) is 0 Å². The predicted molar refractivity (Wildman–Crippen MR) is 124 cm³/mol.